The Hall–Kier alpha value is -1.59. The molecule has 0 aromatic heterocycles. The second-order valence-corrected chi connectivity index (χ2v) is 6.13. The van der Waals surface area contributed by atoms with Crippen molar-refractivity contribution < 1.29 is 9.59 Å². The van der Waals surface area contributed by atoms with E-state index in [0.29, 0.717) is 23.6 Å². The Balaban J connectivity index is 0.00000242. The smallest absolute Gasteiger partial charge is 0.253 e. The Kier molecular flexibility index (Phi) is 5.97. The molecule has 0 bridgehead atoms. The van der Waals surface area contributed by atoms with Crippen molar-refractivity contribution in [1.29, 1.82) is 0 Å². The van der Waals surface area contributed by atoms with Gasteiger partial charge < -0.3 is 16.0 Å². The maximum absolute atomic E-state index is 12.3. The number of nitrogens with one attached hydrogen (secondary N) is 1. The molecular formula is C16H24ClN3O2. The van der Waals surface area contributed by atoms with Crippen LogP contribution in [0.5, 0.6) is 0 Å². The van der Waals surface area contributed by atoms with Gasteiger partial charge in [-0.1, -0.05) is 0 Å². The van der Waals surface area contributed by atoms with E-state index >= 15 is 0 Å². The largest absolute Gasteiger partial charge is 0.345 e. The molecule has 1 aliphatic rings. The first kappa shape index (κ1) is 18.5. The molecule has 1 saturated carbocycles. The van der Waals surface area contributed by atoms with Crippen LogP contribution in [0.25, 0.3) is 0 Å². The summed E-state index contributed by atoms with van der Waals surface area (Å²) in [6, 6.07) is 6.70. The summed E-state index contributed by atoms with van der Waals surface area (Å²) in [7, 11) is 3.40. The van der Waals surface area contributed by atoms with Crippen molar-refractivity contribution in [3.63, 3.8) is 0 Å². The Morgan fingerprint density at radius 1 is 1.23 bits per heavy atom. The summed E-state index contributed by atoms with van der Waals surface area (Å²) in [6.45, 7) is 2.42. The van der Waals surface area contributed by atoms with Gasteiger partial charge in [0.05, 0.1) is 5.54 Å². The maximum atomic E-state index is 12.3. The van der Waals surface area contributed by atoms with Gasteiger partial charge in [-0.25, -0.2) is 0 Å². The van der Waals surface area contributed by atoms with Crippen LogP contribution in [0, 0.1) is 5.92 Å². The summed E-state index contributed by atoms with van der Waals surface area (Å²) in [5.74, 6) is 0.256. The molecule has 0 spiro atoms. The van der Waals surface area contributed by atoms with E-state index in [-0.39, 0.29) is 29.8 Å². The predicted octanol–water partition coefficient (Wildman–Crippen LogP) is 1.67. The highest BCUT2D eigenvalue weighted by molar-refractivity contribution is 5.98. The van der Waals surface area contributed by atoms with Crippen molar-refractivity contribution in [2.45, 2.75) is 25.3 Å². The molecule has 3 N–H and O–H groups in total. The molecule has 5 nitrogen and oxygen atoms in total. The molecule has 1 aromatic rings. The summed E-state index contributed by atoms with van der Waals surface area (Å²) < 4.78 is 0. The van der Waals surface area contributed by atoms with Gasteiger partial charge in [0.1, 0.15) is 0 Å². The molecule has 6 heteroatoms. The third-order valence-corrected chi connectivity index (χ3v) is 4.10. The van der Waals surface area contributed by atoms with Crippen LogP contribution in [0.2, 0.25) is 0 Å². The molecule has 22 heavy (non-hydrogen) atoms. The third-order valence-electron chi connectivity index (χ3n) is 4.10. The number of hydrogen-bond donors (Lipinski definition) is 2. The van der Waals surface area contributed by atoms with E-state index in [2.05, 4.69) is 5.32 Å². The first-order valence-corrected chi connectivity index (χ1v) is 7.21. The number of hydrogen-bond acceptors (Lipinski definition) is 3. The maximum Gasteiger partial charge on any atom is 0.253 e. The van der Waals surface area contributed by atoms with Crippen LogP contribution in [-0.4, -0.2) is 42.9 Å². The van der Waals surface area contributed by atoms with Crippen molar-refractivity contribution in [1.82, 2.24) is 10.2 Å². The van der Waals surface area contributed by atoms with Gasteiger partial charge >= 0.3 is 0 Å². The SMILES string of the molecule is CN(C)C(=O)c1ccc(C(=O)NC(C)(CN)C2CC2)cc1.Cl. The predicted molar refractivity (Wildman–Crippen MR) is 89.4 cm³/mol. The van der Waals surface area contributed by atoms with Crippen molar-refractivity contribution >= 4 is 24.2 Å². The summed E-state index contributed by atoms with van der Waals surface area (Å²) in [5, 5.41) is 3.03. The first-order chi connectivity index (χ1) is 9.87. The van der Waals surface area contributed by atoms with Gasteiger partial charge in [-0.15, -0.1) is 12.4 Å². The van der Waals surface area contributed by atoms with Gasteiger partial charge in [0.25, 0.3) is 11.8 Å². The number of nitrogens with two attached hydrogens (primary N) is 1. The summed E-state index contributed by atoms with van der Waals surface area (Å²) in [6.07, 6.45) is 2.23. The lowest BCUT2D eigenvalue weighted by Gasteiger charge is -2.29. The zero-order valence-electron chi connectivity index (χ0n) is 13.3. The minimum atomic E-state index is -0.338. The van der Waals surface area contributed by atoms with Gasteiger partial charge in [0, 0.05) is 31.8 Å². The van der Waals surface area contributed by atoms with Gasteiger partial charge in [0.2, 0.25) is 0 Å². The molecule has 1 atom stereocenters. The van der Waals surface area contributed by atoms with Gasteiger partial charge in [0.15, 0.2) is 0 Å². The molecule has 1 fully saturated rings. The highest BCUT2D eigenvalue weighted by atomic mass is 35.5. The van der Waals surface area contributed by atoms with Gasteiger partial charge in [-0.2, -0.15) is 0 Å². The van der Waals surface area contributed by atoms with Crippen LogP contribution in [0.1, 0.15) is 40.5 Å². The number of amides is 2. The van der Waals surface area contributed by atoms with E-state index in [1.54, 1.807) is 38.4 Å². The van der Waals surface area contributed by atoms with E-state index in [9.17, 15) is 9.59 Å². The second kappa shape index (κ2) is 7.11. The van der Waals surface area contributed by atoms with Crippen molar-refractivity contribution in [2.24, 2.45) is 11.7 Å². The zero-order valence-corrected chi connectivity index (χ0v) is 14.1. The van der Waals surface area contributed by atoms with Crippen LogP contribution >= 0.6 is 12.4 Å². The number of carbonyl (C=O) groups is 2. The van der Waals surface area contributed by atoms with Crippen molar-refractivity contribution in [3.05, 3.63) is 35.4 Å². The average molecular weight is 326 g/mol. The Morgan fingerprint density at radius 3 is 2.14 bits per heavy atom. The summed E-state index contributed by atoms with van der Waals surface area (Å²) in [5.41, 5.74) is 6.59. The molecule has 1 aromatic carbocycles. The molecule has 2 amide bonds. The van der Waals surface area contributed by atoms with Gasteiger partial charge in [-0.05, 0) is 49.9 Å². The fourth-order valence-electron chi connectivity index (χ4n) is 2.39. The van der Waals surface area contributed by atoms with Crippen LogP contribution in [0.3, 0.4) is 0 Å². The lowest BCUT2D eigenvalue weighted by atomic mass is 9.95. The molecule has 0 saturated heterocycles. The Bertz CT molecular complexity index is 541. The third kappa shape index (κ3) is 3.99. The standard InChI is InChI=1S/C16H23N3O2.ClH/c1-16(10-17,13-8-9-13)18-14(20)11-4-6-12(7-5-11)15(21)19(2)3;/h4-7,13H,8-10,17H2,1-3H3,(H,18,20);1H. The number of halogens is 1. The lowest BCUT2D eigenvalue weighted by Crippen LogP contribution is -2.53. The average Bonchev–Trinajstić information content (AvgIpc) is 3.31. The molecule has 0 radical (unpaired) electrons. The van der Waals surface area contributed by atoms with E-state index < -0.39 is 0 Å². The normalized spacial score (nSPS) is 16.2. The molecule has 0 aliphatic heterocycles. The number of nitrogens with zero attached hydrogens (tertiary/aromatic N) is 1. The molecular weight excluding hydrogens is 302 g/mol. The molecule has 122 valence electrons. The minimum absolute atomic E-state index is 0. The molecule has 0 heterocycles. The Labute approximate surface area is 137 Å². The highest BCUT2D eigenvalue weighted by Gasteiger charge is 2.41. The monoisotopic (exact) mass is 325 g/mol. The Morgan fingerprint density at radius 2 is 1.73 bits per heavy atom. The van der Waals surface area contributed by atoms with Crippen molar-refractivity contribution in [3.8, 4) is 0 Å². The second-order valence-electron chi connectivity index (χ2n) is 6.13. The van der Waals surface area contributed by atoms with Crippen molar-refractivity contribution in [2.75, 3.05) is 20.6 Å². The van der Waals surface area contributed by atoms with E-state index in [4.69, 9.17) is 5.73 Å². The van der Waals surface area contributed by atoms with E-state index in [0.717, 1.165) is 12.8 Å². The number of rotatable bonds is 5. The highest BCUT2D eigenvalue weighted by Crippen LogP contribution is 2.39. The van der Waals surface area contributed by atoms with Crippen LogP contribution < -0.4 is 11.1 Å². The zero-order chi connectivity index (χ0) is 15.6. The fourth-order valence-corrected chi connectivity index (χ4v) is 2.39. The topological polar surface area (TPSA) is 75.4 Å². The molecule has 1 unspecified atom stereocenters. The van der Waals surface area contributed by atoms with Crippen LogP contribution in [0.4, 0.5) is 0 Å². The summed E-state index contributed by atoms with van der Waals surface area (Å²) >= 11 is 0. The van der Waals surface area contributed by atoms with E-state index in [1.807, 2.05) is 6.92 Å². The van der Waals surface area contributed by atoms with Gasteiger partial charge in [-0.3, -0.25) is 9.59 Å². The summed E-state index contributed by atoms with van der Waals surface area (Å²) in [4.78, 5) is 25.6. The van der Waals surface area contributed by atoms with Crippen LogP contribution in [0.15, 0.2) is 24.3 Å². The first-order valence-electron chi connectivity index (χ1n) is 7.21. The molecule has 2 rings (SSSR count). The molecule has 1 aliphatic carbocycles. The number of benzene rings is 1. The lowest BCUT2D eigenvalue weighted by molar-refractivity contribution is 0.0825. The van der Waals surface area contributed by atoms with E-state index in [1.165, 1.54) is 4.90 Å². The fraction of sp³-hybridized carbons (Fsp3) is 0.500. The minimum Gasteiger partial charge on any atom is -0.345 e. The number of carbonyl (C=O) groups excluding carboxylic acids is 2. The quantitative estimate of drug-likeness (QED) is 0.864. The van der Waals surface area contributed by atoms with Crippen LogP contribution in [-0.2, 0) is 0 Å².